The van der Waals surface area contributed by atoms with Crippen molar-refractivity contribution in [3.8, 4) is 0 Å². The number of hydrogen-bond acceptors (Lipinski definition) is 6. The molecule has 1 fully saturated rings. The van der Waals surface area contributed by atoms with E-state index in [4.69, 9.17) is 9.16 Å². The van der Waals surface area contributed by atoms with Crippen LogP contribution in [-0.2, 0) is 29.9 Å². The third-order valence-electron chi connectivity index (χ3n) is 5.33. The summed E-state index contributed by atoms with van der Waals surface area (Å²) in [5.74, 6) is -0.426. The van der Waals surface area contributed by atoms with Gasteiger partial charge in [0.25, 0.3) is 10.1 Å². The van der Waals surface area contributed by atoms with E-state index in [9.17, 15) is 17.6 Å². The fourth-order valence-corrected chi connectivity index (χ4v) is 4.00. The van der Waals surface area contributed by atoms with Gasteiger partial charge in [-0.2, -0.15) is 8.42 Å². The Morgan fingerprint density at radius 2 is 1.97 bits per heavy atom. The number of rotatable bonds is 8. The summed E-state index contributed by atoms with van der Waals surface area (Å²) in [4.78, 5) is 13.3. The zero-order valence-electron chi connectivity index (χ0n) is 17.8. The smallest absolute Gasteiger partial charge is 0.414 e. The molecule has 164 valence electrons. The predicted octanol–water partition coefficient (Wildman–Crippen LogP) is 3.69. The van der Waals surface area contributed by atoms with Crippen LogP contribution < -0.4 is 4.90 Å². The topological polar surface area (TPSA) is 82.1 Å². The number of amides is 1. The standard InChI is InChI=1S/C19H30FNO6SSi/c1-19(2,3)29(5,6)26-10-9-14-7-8-15(11-17(14)20)21-12-16(27-18(21)22)13-25-28(4,23)24/h7-8,11,16H,9-10,12-13H2,1-6H3/t16-/m1/s1. The molecule has 10 heteroatoms. The Bertz CT molecular complexity index is 853. The average molecular weight is 448 g/mol. The van der Waals surface area contributed by atoms with Gasteiger partial charge in [0, 0.05) is 6.61 Å². The Labute approximate surface area is 173 Å². The molecule has 29 heavy (non-hydrogen) atoms. The first-order valence-electron chi connectivity index (χ1n) is 9.44. The van der Waals surface area contributed by atoms with Gasteiger partial charge in [0.2, 0.25) is 0 Å². The van der Waals surface area contributed by atoms with Crippen molar-refractivity contribution in [2.45, 2.75) is 51.4 Å². The highest BCUT2D eigenvalue weighted by atomic mass is 32.2. The van der Waals surface area contributed by atoms with Gasteiger partial charge in [-0.25, -0.2) is 9.18 Å². The number of carbonyl (C=O) groups is 1. The number of hydrogen-bond donors (Lipinski definition) is 0. The quantitative estimate of drug-likeness (QED) is 0.446. The first-order chi connectivity index (χ1) is 13.2. The molecule has 0 N–H and O–H groups in total. The molecule has 2 rings (SSSR count). The van der Waals surface area contributed by atoms with Crippen molar-refractivity contribution in [2.24, 2.45) is 0 Å². The van der Waals surface area contributed by atoms with Crippen molar-refractivity contribution in [2.75, 3.05) is 30.9 Å². The molecule has 1 heterocycles. The minimum Gasteiger partial charge on any atom is -0.441 e. The number of cyclic esters (lactones) is 1. The number of anilines is 1. The lowest BCUT2D eigenvalue weighted by molar-refractivity contribution is 0.107. The highest BCUT2D eigenvalue weighted by molar-refractivity contribution is 7.85. The van der Waals surface area contributed by atoms with Gasteiger partial charge >= 0.3 is 6.09 Å². The minimum absolute atomic E-state index is 0.0849. The Morgan fingerprint density at radius 1 is 1.31 bits per heavy atom. The summed E-state index contributed by atoms with van der Waals surface area (Å²) < 4.78 is 52.6. The first-order valence-corrected chi connectivity index (χ1v) is 14.2. The highest BCUT2D eigenvalue weighted by Gasteiger charge is 2.37. The van der Waals surface area contributed by atoms with Crippen molar-refractivity contribution in [1.82, 2.24) is 0 Å². The third-order valence-corrected chi connectivity index (χ3v) is 10.4. The summed E-state index contributed by atoms with van der Waals surface area (Å²) in [6, 6.07) is 4.56. The van der Waals surface area contributed by atoms with E-state index in [2.05, 4.69) is 38.0 Å². The van der Waals surface area contributed by atoms with E-state index in [0.29, 0.717) is 24.3 Å². The summed E-state index contributed by atoms with van der Waals surface area (Å²) in [6.07, 6.45) is -0.0447. The van der Waals surface area contributed by atoms with E-state index in [1.54, 1.807) is 12.1 Å². The van der Waals surface area contributed by atoms with E-state index < -0.39 is 36.4 Å². The number of ether oxygens (including phenoxy) is 1. The van der Waals surface area contributed by atoms with Crippen LogP contribution in [0.4, 0.5) is 14.9 Å². The van der Waals surface area contributed by atoms with Crippen LogP contribution >= 0.6 is 0 Å². The van der Waals surface area contributed by atoms with Gasteiger partial charge < -0.3 is 9.16 Å². The fourth-order valence-electron chi connectivity index (χ4n) is 2.56. The molecule has 0 bridgehead atoms. The third kappa shape index (κ3) is 6.50. The van der Waals surface area contributed by atoms with E-state index in [1.165, 1.54) is 11.0 Å². The Kier molecular flexibility index (Phi) is 7.14. The van der Waals surface area contributed by atoms with Crippen LogP contribution in [0.5, 0.6) is 0 Å². The first kappa shape index (κ1) is 23.8. The summed E-state index contributed by atoms with van der Waals surface area (Å²) in [7, 11) is -5.52. The number of benzene rings is 1. The zero-order chi connectivity index (χ0) is 22.0. The van der Waals surface area contributed by atoms with Crippen LogP contribution in [0.15, 0.2) is 18.2 Å². The van der Waals surface area contributed by atoms with E-state index in [-0.39, 0.29) is 18.2 Å². The normalized spacial score (nSPS) is 18.2. The van der Waals surface area contributed by atoms with Crippen molar-refractivity contribution in [3.05, 3.63) is 29.6 Å². The lowest BCUT2D eigenvalue weighted by Crippen LogP contribution is -2.41. The lowest BCUT2D eigenvalue weighted by Gasteiger charge is -2.36. The Hall–Kier alpha value is -1.49. The van der Waals surface area contributed by atoms with Gasteiger partial charge in [-0.15, -0.1) is 0 Å². The van der Waals surface area contributed by atoms with Gasteiger partial charge in [0.05, 0.1) is 18.5 Å². The van der Waals surface area contributed by atoms with Gasteiger partial charge in [-0.05, 0) is 42.2 Å². The highest BCUT2D eigenvalue weighted by Crippen LogP contribution is 2.36. The molecule has 1 aromatic rings. The Balaban J connectivity index is 1.98. The fraction of sp³-hybridized carbons (Fsp3) is 0.632. The van der Waals surface area contributed by atoms with Crippen molar-refractivity contribution < 1.29 is 30.9 Å². The largest absolute Gasteiger partial charge is 0.441 e. The molecule has 0 aromatic heterocycles. The number of carbonyl (C=O) groups excluding carboxylic acids is 1. The summed E-state index contributed by atoms with van der Waals surface area (Å²) in [5, 5.41) is 0.0862. The van der Waals surface area contributed by atoms with Crippen LogP contribution in [0.25, 0.3) is 0 Å². The van der Waals surface area contributed by atoms with E-state index in [0.717, 1.165) is 6.26 Å². The van der Waals surface area contributed by atoms with E-state index >= 15 is 0 Å². The number of halogens is 1. The zero-order valence-corrected chi connectivity index (χ0v) is 19.6. The van der Waals surface area contributed by atoms with Gasteiger partial charge in [-0.1, -0.05) is 26.8 Å². The molecular formula is C19H30FNO6SSi. The summed E-state index contributed by atoms with van der Waals surface area (Å²) in [5.41, 5.74) is 0.861. The van der Waals surface area contributed by atoms with Crippen molar-refractivity contribution in [3.63, 3.8) is 0 Å². The minimum atomic E-state index is -3.63. The summed E-state index contributed by atoms with van der Waals surface area (Å²) in [6.45, 7) is 11.0. The van der Waals surface area contributed by atoms with Gasteiger partial charge in [0.1, 0.15) is 18.5 Å². The van der Waals surface area contributed by atoms with Gasteiger partial charge in [-0.3, -0.25) is 9.08 Å². The molecular weight excluding hydrogens is 417 g/mol. The lowest BCUT2D eigenvalue weighted by atomic mass is 10.1. The van der Waals surface area contributed by atoms with Crippen LogP contribution in [0.3, 0.4) is 0 Å². The van der Waals surface area contributed by atoms with Crippen LogP contribution in [0.1, 0.15) is 26.3 Å². The maximum atomic E-state index is 14.6. The maximum absolute atomic E-state index is 14.6. The van der Waals surface area contributed by atoms with Crippen LogP contribution in [0.2, 0.25) is 18.1 Å². The molecule has 1 aliphatic rings. The molecule has 1 aliphatic heterocycles. The molecule has 1 amide bonds. The predicted molar refractivity (Wildman–Crippen MR) is 112 cm³/mol. The second kappa shape index (κ2) is 8.71. The monoisotopic (exact) mass is 447 g/mol. The van der Waals surface area contributed by atoms with Crippen LogP contribution in [-0.4, -0.2) is 54.9 Å². The molecule has 7 nitrogen and oxygen atoms in total. The molecule has 0 radical (unpaired) electrons. The number of nitrogens with zero attached hydrogens (tertiary/aromatic N) is 1. The molecule has 0 spiro atoms. The molecule has 0 aliphatic carbocycles. The molecule has 0 unspecified atom stereocenters. The maximum Gasteiger partial charge on any atom is 0.414 e. The van der Waals surface area contributed by atoms with E-state index in [1.807, 2.05) is 0 Å². The van der Waals surface area contributed by atoms with Crippen molar-refractivity contribution >= 4 is 30.2 Å². The van der Waals surface area contributed by atoms with Crippen molar-refractivity contribution in [1.29, 1.82) is 0 Å². The second-order valence-corrected chi connectivity index (χ2v) is 15.2. The molecule has 1 saturated heterocycles. The van der Waals surface area contributed by atoms with Gasteiger partial charge in [0.15, 0.2) is 8.32 Å². The second-order valence-electron chi connectivity index (χ2n) is 8.74. The average Bonchev–Trinajstić information content (AvgIpc) is 2.93. The van der Waals surface area contributed by atoms with Crippen LogP contribution in [0, 0.1) is 5.82 Å². The Morgan fingerprint density at radius 3 is 2.52 bits per heavy atom. The molecule has 1 atom stereocenters. The molecule has 0 saturated carbocycles. The summed E-state index contributed by atoms with van der Waals surface area (Å²) >= 11 is 0. The SMILES string of the molecule is CC(C)(C)[Si](C)(C)OCCc1ccc(N2C[C@H](COS(C)(=O)=O)OC2=O)cc1F. The molecule has 1 aromatic carbocycles.